The van der Waals surface area contributed by atoms with Gasteiger partial charge in [0.2, 0.25) is 0 Å². The van der Waals surface area contributed by atoms with Crippen molar-refractivity contribution in [3.05, 3.63) is 47.5 Å². The first-order chi connectivity index (χ1) is 16.3. The average molecular weight is 455 g/mol. The van der Waals surface area contributed by atoms with Crippen molar-refractivity contribution in [2.45, 2.75) is 128 Å². The number of alkyl halides is 1. The monoisotopic (exact) mass is 454 g/mol. The van der Waals surface area contributed by atoms with Crippen LogP contribution in [0.2, 0.25) is 0 Å². The minimum Gasteiger partial charge on any atom is -0.251 e. The van der Waals surface area contributed by atoms with Gasteiger partial charge in [-0.3, -0.25) is 4.39 Å². The number of hydrogen-bond donors (Lipinski definition) is 0. The molecular weight excluding hydrogens is 403 g/mol. The van der Waals surface area contributed by atoms with Crippen LogP contribution in [0.1, 0.15) is 133 Å². The van der Waals surface area contributed by atoms with Crippen molar-refractivity contribution in [2.75, 3.05) is 6.67 Å². The van der Waals surface area contributed by atoms with Gasteiger partial charge in [0, 0.05) is 0 Å². The second-order valence-corrected chi connectivity index (χ2v) is 11.3. The first-order valence-corrected chi connectivity index (χ1v) is 14.6. The van der Waals surface area contributed by atoms with E-state index >= 15 is 0 Å². The Morgan fingerprint density at radius 2 is 1.27 bits per heavy atom. The molecule has 0 aromatic heterocycles. The second kappa shape index (κ2) is 15.7. The Kier molecular flexibility index (Phi) is 12.6. The topological polar surface area (TPSA) is 0 Å². The van der Waals surface area contributed by atoms with Crippen LogP contribution < -0.4 is 0 Å². The Balaban J connectivity index is 1.26. The molecule has 2 saturated carbocycles. The third-order valence-corrected chi connectivity index (χ3v) is 8.73. The lowest BCUT2D eigenvalue weighted by Gasteiger charge is -2.32. The van der Waals surface area contributed by atoms with Gasteiger partial charge in [-0.25, -0.2) is 0 Å². The Bertz CT molecular complexity index is 629. The molecule has 33 heavy (non-hydrogen) atoms. The van der Waals surface area contributed by atoms with Crippen molar-refractivity contribution >= 4 is 0 Å². The summed E-state index contributed by atoms with van der Waals surface area (Å²) in [7, 11) is 0. The molecule has 0 aliphatic heterocycles. The maximum absolute atomic E-state index is 12.1. The number of halogens is 1. The zero-order valence-corrected chi connectivity index (χ0v) is 21.6. The SMILES string of the molecule is CCCCCc1ccc([C@H]2CC[C@H](CC[C@H]3CC[C@H](CC/C=C/CCCF)CC3)CC2)cc1. The van der Waals surface area contributed by atoms with E-state index < -0.39 is 0 Å². The highest BCUT2D eigenvalue weighted by Crippen LogP contribution is 2.40. The van der Waals surface area contributed by atoms with E-state index in [1.54, 1.807) is 5.56 Å². The largest absolute Gasteiger partial charge is 0.251 e. The highest BCUT2D eigenvalue weighted by molar-refractivity contribution is 5.26. The number of aryl methyl sites for hydroxylation is 1. The van der Waals surface area contributed by atoms with E-state index in [1.165, 1.54) is 108 Å². The van der Waals surface area contributed by atoms with Gasteiger partial charge in [-0.2, -0.15) is 0 Å². The predicted molar refractivity (Wildman–Crippen MR) is 143 cm³/mol. The van der Waals surface area contributed by atoms with E-state index in [4.69, 9.17) is 0 Å². The zero-order chi connectivity index (χ0) is 23.1. The highest BCUT2D eigenvalue weighted by atomic mass is 19.1. The van der Waals surface area contributed by atoms with Crippen LogP contribution in [0, 0.1) is 17.8 Å². The minimum absolute atomic E-state index is 0.178. The summed E-state index contributed by atoms with van der Waals surface area (Å²) in [6.45, 7) is 2.11. The molecule has 0 nitrogen and oxygen atoms in total. The molecule has 2 fully saturated rings. The van der Waals surface area contributed by atoms with Gasteiger partial charge in [-0.15, -0.1) is 0 Å². The number of allylic oxidation sites excluding steroid dienone is 2. The lowest BCUT2D eigenvalue weighted by atomic mass is 9.74. The average Bonchev–Trinajstić information content (AvgIpc) is 2.86. The molecule has 0 heterocycles. The minimum atomic E-state index is -0.178. The Hall–Kier alpha value is -1.11. The van der Waals surface area contributed by atoms with E-state index in [9.17, 15) is 4.39 Å². The van der Waals surface area contributed by atoms with E-state index in [1.807, 2.05) is 0 Å². The first kappa shape index (κ1) is 26.5. The van der Waals surface area contributed by atoms with Crippen LogP contribution in [0.5, 0.6) is 0 Å². The van der Waals surface area contributed by atoms with Gasteiger partial charge in [-0.1, -0.05) is 94.7 Å². The molecule has 0 spiro atoms. The van der Waals surface area contributed by atoms with Gasteiger partial charge in [0.15, 0.2) is 0 Å². The Labute approximate surface area is 204 Å². The summed E-state index contributed by atoms with van der Waals surface area (Å²) in [4.78, 5) is 0. The van der Waals surface area contributed by atoms with Crippen LogP contribution in [0.25, 0.3) is 0 Å². The molecule has 0 N–H and O–H groups in total. The van der Waals surface area contributed by atoms with Crippen LogP contribution in [0.4, 0.5) is 4.39 Å². The maximum atomic E-state index is 12.1. The standard InChI is InChI=1S/C32H51F/c1-2-3-7-10-28-18-22-31(23-19-28)32-24-20-30(21-25-32)17-16-29-14-12-27(13-15-29)11-8-5-4-6-9-26-33/h4-5,18-19,22-23,27,29-30,32H,2-3,6-17,20-21,24-26H2,1H3/b5-4+/t27-,29-,30-,32-. The van der Waals surface area contributed by atoms with Crippen LogP contribution in [-0.2, 0) is 6.42 Å². The second-order valence-electron chi connectivity index (χ2n) is 11.3. The molecule has 0 amide bonds. The molecule has 0 bridgehead atoms. The maximum Gasteiger partial charge on any atom is 0.0897 e. The van der Waals surface area contributed by atoms with Gasteiger partial charge in [0.05, 0.1) is 6.67 Å². The summed E-state index contributed by atoms with van der Waals surface area (Å²) in [5.74, 6) is 3.74. The third-order valence-electron chi connectivity index (χ3n) is 8.73. The van der Waals surface area contributed by atoms with E-state index in [0.717, 1.165) is 30.1 Å². The van der Waals surface area contributed by atoms with Crippen molar-refractivity contribution in [1.82, 2.24) is 0 Å². The first-order valence-electron chi connectivity index (χ1n) is 14.6. The lowest BCUT2D eigenvalue weighted by molar-refractivity contribution is 0.225. The zero-order valence-electron chi connectivity index (χ0n) is 21.6. The molecule has 0 radical (unpaired) electrons. The van der Waals surface area contributed by atoms with Gasteiger partial charge < -0.3 is 0 Å². The van der Waals surface area contributed by atoms with E-state index in [0.29, 0.717) is 6.42 Å². The highest BCUT2D eigenvalue weighted by Gasteiger charge is 2.25. The van der Waals surface area contributed by atoms with Gasteiger partial charge >= 0.3 is 0 Å². The lowest BCUT2D eigenvalue weighted by Crippen LogP contribution is -2.17. The van der Waals surface area contributed by atoms with Gasteiger partial charge in [0.25, 0.3) is 0 Å². The molecule has 0 unspecified atom stereocenters. The summed E-state index contributed by atoms with van der Waals surface area (Å²) >= 11 is 0. The van der Waals surface area contributed by atoms with Gasteiger partial charge in [-0.05, 0) is 99.0 Å². The molecule has 2 aliphatic carbocycles. The van der Waals surface area contributed by atoms with Gasteiger partial charge in [0.1, 0.15) is 0 Å². The van der Waals surface area contributed by atoms with Crippen LogP contribution in [-0.4, -0.2) is 6.67 Å². The van der Waals surface area contributed by atoms with Crippen molar-refractivity contribution in [3.63, 3.8) is 0 Å². The van der Waals surface area contributed by atoms with Crippen molar-refractivity contribution in [1.29, 1.82) is 0 Å². The smallest absolute Gasteiger partial charge is 0.0897 e. The Morgan fingerprint density at radius 3 is 1.88 bits per heavy atom. The fraction of sp³-hybridized carbons (Fsp3) is 0.750. The number of rotatable bonds is 14. The summed E-state index contributed by atoms with van der Waals surface area (Å²) in [5, 5.41) is 0. The van der Waals surface area contributed by atoms with Crippen LogP contribution >= 0.6 is 0 Å². The van der Waals surface area contributed by atoms with Crippen molar-refractivity contribution in [3.8, 4) is 0 Å². The number of unbranched alkanes of at least 4 members (excludes halogenated alkanes) is 3. The third kappa shape index (κ3) is 9.96. The summed E-state index contributed by atoms with van der Waals surface area (Å²) in [6, 6.07) is 9.67. The van der Waals surface area contributed by atoms with Crippen LogP contribution in [0.3, 0.4) is 0 Å². The summed E-state index contributed by atoms with van der Waals surface area (Å²) < 4.78 is 12.1. The number of benzene rings is 1. The summed E-state index contributed by atoms with van der Waals surface area (Å²) in [5.41, 5.74) is 3.13. The molecule has 1 heteroatoms. The molecule has 1 aromatic rings. The van der Waals surface area contributed by atoms with E-state index in [-0.39, 0.29) is 6.67 Å². The summed E-state index contributed by atoms with van der Waals surface area (Å²) in [6.07, 6.45) is 28.4. The molecule has 186 valence electrons. The van der Waals surface area contributed by atoms with E-state index in [2.05, 4.69) is 43.3 Å². The molecule has 3 rings (SSSR count). The molecule has 1 aromatic carbocycles. The van der Waals surface area contributed by atoms with Crippen molar-refractivity contribution in [2.24, 2.45) is 17.8 Å². The molecular formula is C32H51F. The van der Waals surface area contributed by atoms with Crippen LogP contribution in [0.15, 0.2) is 36.4 Å². The van der Waals surface area contributed by atoms with Crippen molar-refractivity contribution < 1.29 is 4.39 Å². The normalized spacial score (nSPS) is 26.1. The number of hydrogen-bond acceptors (Lipinski definition) is 0. The molecule has 0 saturated heterocycles. The quantitative estimate of drug-likeness (QED) is 0.194. The fourth-order valence-corrected chi connectivity index (χ4v) is 6.36. The molecule has 2 aliphatic rings. The fourth-order valence-electron chi connectivity index (χ4n) is 6.36. The molecule has 0 atom stereocenters. The predicted octanol–water partition coefficient (Wildman–Crippen LogP) is 10.4. The Morgan fingerprint density at radius 1 is 0.697 bits per heavy atom.